The fourth-order valence-corrected chi connectivity index (χ4v) is 2.70. The fraction of sp³-hybridized carbons (Fsp3) is 0.333. The lowest BCUT2D eigenvalue weighted by atomic mass is 9.98. The van der Waals surface area contributed by atoms with Gasteiger partial charge in [-0.1, -0.05) is 66.6 Å². The molecule has 0 amide bonds. The summed E-state index contributed by atoms with van der Waals surface area (Å²) in [6.07, 6.45) is 2.11. The van der Waals surface area contributed by atoms with Gasteiger partial charge in [0.1, 0.15) is 0 Å². The third-order valence-corrected chi connectivity index (χ3v) is 3.92. The van der Waals surface area contributed by atoms with Crippen LogP contribution in [0.25, 0.3) is 0 Å². The van der Waals surface area contributed by atoms with Gasteiger partial charge in [0, 0.05) is 11.1 Å². The summed E-state index contributed by atoms with van der Waals surface area (Å²) in [6.45, 7) is 5.20. The predicted molar refractivity (Wildman–Crippen MR) is 87.4 cm³/mol. The van der Waals surface area contributed by atoms with E-state index in [1.165, 1.54) is 16.7 Å². The average molecular weight is 288 g/mol. The summed E-state index contributed by atoms with van der Waals surface area (Å²) < 4.78 is 0. The summed E-state index contributed by atoms with van der Waals surface area (Å²) in [6, 6.07) is 17.2. The Morgan fingerprint density at radius 3 is 2.40 bits per heavy atom. The number of benzene rings is 2. The molecule has 2 heteroatoms. The smallest absolute Gasteiger partial charge is 0.0453 e. The summed E-state index contributed by atoms with van der Waals surface area (Å²) in [5, 5.41) is 4.39. The Balaban J connectivity index is 2.06. The van der Waals surface area contributed by atoms with Crippen molar-refractivity contribution < 1.29 is 0 Å². The SMILES string of the molecule is CCNC(CCc1ccc(C)cc1)c1ccccc1Cl. The van der Waals surface area contributed by atoms with Gasteiger partial charge in [-0.15, -0.1) is 0 Å². The molecule has 2 aromatic carbocycles. The molecule has 0 spiro atoms. The van der Waals surface area contributed by atoms with Crippen molar-refractivity contribution in [1.29, 1.82) is 0 Å². The molecule has 0 fully saturated rings. The van der Waals surface area contributed by atoms with Crippen LogP contribution >= 0.6 is 11.6 Å². The molecule has 2 aromatic rings. The normalized spacial score (nSPS) is 12.3. The monoisotopic (exact) mass is 287 g/mol. The molecular formula is C18H22ClN. The Morgan fingerprint density at radius 1 is 1.05 bits per heavy atom. The molecule has 1 nitrogen and oxygen atoms in total. The van der Waals surface area contributed by atoms with Crippen LogP contribution in [0.4, 0.5) is 0 Å². The molecule has 0 heterocycles. The number of halogens is 1. The van der Waals surface area contributed by atoms with Gasteiger partial charge < -0.3 is 5.32 Å². The first-order chi connectivity index (χ1) is 9.70. The van der Waals surface area contributed by atoms with Gasteiger partial charge in [0.05, 0.1) is 0 Å². The third kappa shape index (κ3) is 4.09. The van der Waals surface area contributed by atoms with Crippen molar-refractivity contribution in [2.24, 2.45) is 0 Å². The highest BCUT2D eigenvalue weighted by Gasteiger charge is 2.13. The second-order valence-corrected chi connectivity index (χ2v) is 5.56. The standard InChI is InChI=1S/C18H22ClN/c1-3-20-18(16-6-4-5-7-17(16)19)13-12-15-10-8-14(2)9-11-15/h4-11,18,20H,3,12-13H2,1-2H3. The molecule has 1 atom stereocenters. The predicted octanol–water partition coefficient (Wildman–Crippen LogP) is 4.93. The van der Waals surface area contributed by atoms with E-state index in [9.17, 15) is 0 Å². The second kappa shape index (κ2) is 7.47. The molecule has 0 saturated carbocycles. The number of hydrogen-bond donors (Lipinski definition) is 1. The summed E-state index contributed by atoms with van der Waals surface area (Å²) >= 11 is 6.32. The molecule has 0 radical (unpaired) electrons. The summed E-state index contributed by atoms with van der Waals surface area (Å²) in [5.41, 5.74) is 3.89. The first kappa shape index (κ1) is 15.1. The Labute approximate surface area is 127 Å². The highest BCUT2D eigenvalue weighted by atomic mass is 35.5. The van der Waals surface area contributed by atoms with E-state index in [4.69, 9.17) is 11.6 Å². The van der Waals surface area contributed by atoms with Crippen LogP contribution in [-0.2, 0) is 6.42 Å². The van der Waals surface area contributed by atoms with Crippen LogP contribution in [-0.4, -0.2) is 6.54 Å². The Hall–Kier alpha value is -1.31. The topological polar surface area (TPSA) is 12.0 Å². The van der Waals surface area contributed by atoms with Crippen LogP contribution in [0.15, 0.2) is 48.5 Å². The van der Waals surface area contributed by atoms with E-state index in [0.29, 0.717) is 6.04 Å². The zero-order valence-electron chi connectivity index (χ0n) is 12.2. The minimum Gasteiger partial charge on any atom is -0.310 e. The minimum absolute atomic E-state index is 0.315. The van der Waals surface area contributed by atoms with Gasteiger partial charge in [-0.3, -0.25) is 0 Å². The lowest BCUT2D eigenvalue weighted by molar-refractivity contribution is 0.515. The van der Waals surface area contributed by atoms with E-state index >= 15 is 0 Å². The van der Waals surface area contributed by atoms with Crippen LogP contribution in [0.1, 0.15) is 36.1 Å². The molecular weight excluding hydrogens is 266 g/mol. The maximum Gasteiger partial charge on any atom is 0.0453 e. The lowest BCUT2D eigenvalue weighted by Gasteiger charge is -2.19. The molecule has 106 valence electrons. The van der Waals surface area contributed by atoms with Crippen LogP contribution in [0, 0.1) is 6.92 Å². The molecule has 0 aliphatic carbocycles. The van der Waals surface area contributed by atoms with Crippen molar-refractivity contribution in [2.75, 3.05) is 6.54 Å². The van der Waals surface area contributed by atoms with Gasteiger partial charge in [0.2, 0.25) is 0 Å². The van der Waals surface area contributed by atoms with Crippen molar-refractivity contribution in [3.05, 3.63) is 70.2 Å². The van der Waals surface area contributed by atoms with Crippen molar-refractivity contribution >= 4 is 11.6 Å². The zero-order chi connectivity index (χ0) is 14.4. The van der Waals surface area contributed by atoms with Crippen molar-refractivity contribution in [1.82, 2.24) is 5.32 Å². The lowest BCUT2D eigenvalue weighted by Crippen LogP contribution is -2.21. The van der Waals surface area contributed by atoms with Gasteiger partial charge in [0.25, 0.3) is 0 Å². The van der Waals surface area contributed by atoms with E-state index < -0.39 is 0 Å². The molecule has 20 heavy (non-hydrogen) atoms. The average Bonchev–Trinajstić information content (AvgIpc) is 2.46. The number of aryl methyl sites for hydroxylation is 2. The molecule has 0 aromatic heterocycles. The van der Waals surface area contributed by atoms with E-state index in [-0.39, 0.29) is 0 Å². The van der Waals surface area contributed by atoms with E-state index in [1.54, 1.807) is 0 Å². The molecule has 0 bridgehead atoms. The summed E-state index contributed by atoms with van der Waals surface area (Å²) in [5.74, 6) is 0. The van der Waals surface area contributed by atoms with Crippen LogP contribution in [0.2, 0.25) is 5.02 Å². The Bertz CT molecular complexity index is 533. The molecule has 0 aliphatic heterocycles. The van der Waals surface area contributed by atoms with Crippen LogP contribution in [0.3, 0.4) is 0 Å². The first-order valence-corrected chi connectivity index (χ1v) is 7.62. The van der Waals surface area contributed by atoms with Gasteiger partial charge in [-0.25, -0.2) is 0 Å². The minimum atomic E-state index is 0.315. The van der Waals surface area contributed by atoms with Gasteiger partial charge in [-0.05, 0) is 43.5 Å². The van der Waals surface area contributed by atoms with Gasteiger partial charge in [-0.2, -0.15) is 0 Å². The number of nitrogens with one attached hydrogen (secondary N) is 1. The highest BCUT2D eigenvalue weighted by molar-refractivity contribution is 6.31. The number of hydrogen-bond acceptors (Lipinski definition) is 1. The molecule has 2 rings (SSSR count). The highest BCUT2D eigenvalue weighted by Crippen LogP contribution is 2.26. The molecule has 1 unspecified atom stereocenters. The zero-order valence-corrected chi connectivity index (χ0v) is 13.0. The number of rotatable bonds is 6. The summed E-state index contributed by atoms with van der Waals surface area (Å²) in [7, 11) is 0. The largest absolute Gasteiger partial charge is 0.310 e. The van der Waals surface area contributed by atoms with Crippen molar-refractivity contribution in [2.45, 2.75) is 32.7 Å². The Kier molecular flexibility index (Phi) is 5.63. The summed E-state index contributed by atoms with van der Waals surface area (Å²) in [4.78, 5) is 0. The quantitative estimate of drug-likeness (QED) is 0.794. The maximum atomic E-state index is 6.32. The van der Waals surface area contributed by atoms with E-state index in [2.05, 4.69) is 55.6 Å². The second-order valence-electron chi connectivity index (χ2n) is 5.16. The Morgan fingerprint density at radius 2 is 1.75 bits per heavy atom. The fourth-order valence-electron chi connectivity index (χ4n) is 2.44. The first-order valence-electron chi connectivity index (χ1n) is 7.24. The van der Waals surface area contributed by atoms with Crippen molar-refractivity contribution in [3.63, 3.8) is 0 Å². The van der Waals surface area contributed by atoms with Crippen LogP contribution in [0.5, 0.6) is 0 Å². The van der Waals surface area contributed by atoms with Gasteiger partial charge in [0.15, 0.2) is 0 Å². The van der Waals surface area contributed by atoms with Crippen LogP contribution < -0.4 is 5.32 Å². The molecule has 1 N–H and O–H groups in total. The molecule has 0 saturated heterocycles. The van der Waals surface area contributed by atoms with Crippen molar-refractivity contribution in [3.8, 4) is 0 Å². The van der Waals surface area contributed by atoms with Gasteiger partial charge >= 0.3 is 0 Å². The van der Waals surface area contributed by atoms with E-state index in [1.807, 2.05) is 12.1 Å². The van der Waals surface area contributed by atoms with E-state index in [0.717, 1.165) is 24.4 Å². The third-order valence-electron chi connectivity index (χ3n) is 3.57. The maximum absolute atomic E-state index is 6.32. The molecule has 0 aliphatic rings.